The third-order valence-corrected chi connectivity index (χ3v) is 5.55. The number of aryl methyl sites for hydroxylation is 1. The number of carbonyl (C=O) groups is 1. The first-order valence-corrected chi connectivity index (χ1v) is 8.30. The number of benzene rings is 1. The van der Waals surface area contributed by atoms with Crippen LogP contribution in [0.5, 0.6) is 5.75 Å². The zero-order valence-corrected chi connectivity index (χ0v) is 13.0. The van der Waals surface area contributed by atoms with E-state index in [0.717, 1.165) is 30.9 Å². The number of amides is 1. The van der Waals surface area contributed by atoms with E-state index in [4.69, 9.17) is 9.84 Å². The SMILES string of the molecule is Cc1ccc(OC2CCC3(C2)CN(C(=O)O)C3)cc1C1CC1. The Morgan fingerprint density at radius 1 is 1.32 bits per heavy atom. The van der Waals surface area contributed by atoms with E-state index in [2.05, 4.69) is 25.1 Å². The molecule has 1 saturated heterocycles. The van der Waals surface area contributed by atoms with Crippen LogP contribution in [0.2, 0.25) is 0 Å². The van der Waals surface area contributed by atoms with Gasteiger partial charge >= 0.3 is 6.09 Å². The van der Waals surface area contributed by atoms with Gasteiger partial charge in [-0.2, -0.15) is 0 Å². The van der Waals surface area contributed by atoms with Crippen LogP contribution < -0.4 is 4.74 Å². The van der Waals surface area contributed by atoms with E-state index in [1.807, 2.05) is 0 Å². The number of hydrogen-bond acceptors (Lipinski definition) is 2. The fourth-order valence-electron chi connectivity index (χ4n) is 4.16. The molecule has 4 heteroatoms. The van der Waals surface area contributed by atoms with Gasteiger partial charge in [0.1, 0.15) is 5.75 Å². The fraction of sp³-hybridized carbons (Fsp3) is 0.611. The molecule has 0 radical (unpaired) electrons. The zero-order chi connectivity index (χ0) is 15.3. The number of carboxylic acid groups (broad SMARTS) is 1. The minimum absolute atomic E-state index is 0.188. The molecule has 1 atom stereocenters. The highest BCUT2D eigenvalue weighted by Crippen LogP contribution is 2.47. The minimum Gasteiger partial charge on any atom is -0.490 e. The van der Waals surface area contributed by atoms with Crippen LogP contribution in [0.4, 0.5) is 4.79 Å². The number of likely N-dealkylation sites (tertiary alicyclic amines) is 1. The molecular weight excluding hydrogens is 278 g/mol. The van der Waals surface area contributed by atoms with E-state index in [1.54, 1.807) is 0 Å². The largest absolute Gasteiger partial charge is 0.490 e. The molecule has 1 heterocycles. The molecule has 0 bridgehead atoms. The summed E-state index contributed by atoms with van der Waals surface area (Å²) in [6.45, 7) is 3.55. The Labute approximate surface area is 131 Å². The van der Waals surface area contributed by atoms with Gasteiger partial charge < -0.3 is 14.7 Å². The molecule has 2 aliphatic carbocycles. The molecule has 2 saturated carbocycles. The maximum atomic E-state index is 10.9. The zero-order valence-electron chi connectivity index (χ0n) is 13.0. The van der Waals surface area contributed by atoms with Crippen LogP contribution in [-0.4, -0.2) is 35.3 Å². The smallest absolute Gasteiger partial charge is 0.407 e. The van der Waals surface area contributed by atoms with Gasteiger partial charge in [-0.1, -0.05) is 6.07 Å². The molecular formula is C18H23NO3. The number of rotatable bonds is 3. The second-order valence-electron chi connectivity index (χ2n) is 7.41. The van der Waals surface area contributed by atoms with Crippen LogP contribution in [0.15, 0.2) is 18.2 Å². The van der Waals surface area contributed by atoms with Gasteiger partial charge in [0, 0.05) is 18.5 Å². The summed E-state index contributed by atoms with van der Waals surface area (Å²) < 4.78 is 6.21. The average molecular weight is 301 g/mol. The Kier molecular flexibility index (Phi) is 3.10. The highest BCUT2D eigenvalue weighted by Gasteiger charge is 2.50. The topological polar surface area (TPSA) is 49.8 Å². The molecule has 22 heavy (non-hydrogen) atoms. The fourth-order valence-corrected chi connectivity index (χ4v) is 4.16. The number of nitrogens with zero attached hydrogens (tertiary/aromatic N) is 1. The predicted molar refractivity (Wildman–Crippen MR) is 83.5 cm³/mol. The van der Waals surface area contributed by atoms with Crippen molar-refractivity contribution in [3.63, 3.8) is 0 Å². The molecule has 1 aliphatic heterocycles. The minimum atomic E-state index is -0.789. The van der Waals surface area contributed by atoms with E-state index in [9.17, 15) is 4.79 Å². The van der Waals surface area contributed by atoms with E-state index >= 15 is 0 Å². The van der Waals surface area contributed by atoms with E-state index in [0.29, 0.717) is 13.1 Å². The van der Waals surface area contributed by atoms with Crippen molar-refractivity contribution in [2.75, 3.05) is 13.1 Å². The number of hydrogen-bond donors (Lipinski definition) is 1. The van der Waals surface area contributed by atoms with Gasteiger partial charge in [0.05, 0.1) is 6.10 Å². The molecule has 1 amide bonds. The van der Waals surface area contributed by atoms with E-state index < -0.39 is 6.09 Å². The maximum Gasteiger partial charge on any atom is 0.407 e. The third kappa shape index (κ3) is 2.44. The second kappa shape index (κ2) is 4.90. The van der Waals surface area contributed by atoms with Gasteiger partial charge in [0.2, 0.25) is 0 Å². The molecule has 3 aliphatic rings. The van der Waals surface area contributed by atoms with Gasteiger partial charge in [0.25, 0.3) is 0 Å². The van der Waals surface area contributed by atoms with Gasteiger partial charge in [-0.05, 0) is 68.2 Å². The first kappa shape index (κ1) is 13.9. The Morgan fingerprint density at radius 2 is 2.09 bits per heavy atom. The van der Waals surface area contributed by atoms with Crippen molar-refractivity contribution in [2.45, 2.75) is 51.0 Å². The summed E-state index contributed by atoms with van der Waals surface area (Å²) in [5, 5.41) is 8.99. The highest BCUT2D eigenvalue weighted by molar-refractivity contribution is 5.66. The summed E-state index contributed by atoms with van der Waals surface area (Å²) in [6.07, 6.45) is 5.18. The molecule has 4 rings (SSSR count). The lowest BCUT2D eigenvalue weighted by molar-refractivity contribution is 0.00791. The van der Waals surface area contributed by atoms with Crippen LogP contribution in [0.3, 0.4) is 0 Å². The summed E-state index contributed by atoms with van der Waals surface area (Å²) in [6, 6.07) is 6.47. The van der Waals surface area contributed by atoms with E-state index in [1.165, 1.54) is 28.9 Å². The molecule has 3 fully saturated rings. The predicted octanol–water partition coefficient (Wildman–Crippen LogP) is 3.78. The summed E-state index contributed by atoms with van der Waals surface area (Å²) in [5.41, 5.74) is 3.01. The molecule has 1 aromatic carbocycles. The summed E-state index contributed by atoms with van der Waals surface area (Å²) in [7, 11) is 0. The standard InChI is InChI=1S/C18H23NO3/c1-12-2-5-14(8-16(12)13-3-4-13)22-15-6-7-18(9-15)10-19(11-18)17(20)21/h2,5,8,13,15H,3-4,6-7,9-11H2,1H3,(H,20,21). The molecule has 118 valence electrons. The monoisotopic (exact) mass is 301 g/mol. The number of ether oxygens (including phenoxy) is 1. The maximum absolute atomic E-state index is 10.9. The van der Waals surface area contributed by atoms with Crippen molar-refractivity contribution >= 4 is 6.09 Å². The van der Waals surface area contributed by atoms with Crippen LogP contribution in [-0.2, 0) is 0 Å². The van der Waals surface area contributed by atoms with Crippen molar-refractivity contribution in [3.8, 4) is 5.75 Å². The normalized spacial score (nSPS) is 26.0. The average Bonchev–Trinajstić information content (AvgIpc) is 3.19. The second-order valence-corrected chi connectivity index (χ2v) is 7.41. The van der Waals surface area contributed by atoms with Gasteiger partial charge in [0.15, 0.2) is 0 Å². The molecule has 4 nitrogen and oxygen atoms in total. The van der Waals surface area contributed by atoms with Gasteiger partial charge in [-0.15, -0.1) is 0 Å². The first-order chi connectivity index (χ1) is 10.5. The third-order valence-electron chi connectivity index (χ3n) is 5.55. The van der Waals surface area contributed by atoms with Gasteiger partial charge in [-0.3, -0.25) is 0 Å². The Hall–Kier alpha value is -1.71. The molecule has 1 aromatic rings. The van der Waals surface area contributed by atoms with Crippen molar-refractivity contribution in [2.24, 2.45) is 5.41 Å². The van der Waals surface area contributed by atoms with Crippen LogP contribution in [0, 0.1) is 12.3 Å². The lowest BCUT2D eigenvalue weighted by Gasteiger charge is -2.46. The van der Waals surface area contributed by atoms with Crippen LogP contribution >= 0.6 is 0 Å². The Bertz CT molecular complexity index is 602. The molecule has 0 aromatic heterocycles. The molecule has 1 N–H and O–H groups in total. The highest BCUT2D eigenvalue weighted by atomic mass is 16.5. The Balaban J connectivity index is 1.39. The lowest BCUT2D eigenvalue weighted by Crippen LogP contribution is -2.57. The van der Waals surface area contributed by atoms with E-state index in [-0.39, 0.29) is 11.5 Å². The van der Waals surface area contributed by atoms with Crippen molar-refractivity contribution < 1.29 is 14.6 Å². The van der Waals surface area contributed by atoms with Gasteiger partial charge in [-0.25, -0.2) is 4.79 Å². The van der Waals surface area contributed by atoms with Crippen LogP contribution in [0.25, 0.3) is 0 Å². The van der Waals surface area contributed by atoms with Crippen molar-refractivity contribution in [1.82, 2.24) is 4.90 Å². The summed E-state index contributed by atoms with van der Waals surface area (Å²) in [5.74, 6) is 1.73. The quantitative estimate of drug-likeness (QED) is 0.924. The van der Waals surface area contributed by atoms with Crippen molar-refractivity contribution in [3.05, 3.63) is 29.3 Å². The summed E-state index contributed by atoms with van der Waals surface area (Å²) in [4.78, 5) is 12.4. The first-order valence-electron chi connectivity index (χ1n) is 8.30. The van der Waals surface area contributed by atoms with Crippen molar-refractivity contribution in [1.29, 1.82) is 0 Å². The molecule has 1 spiro atoms. The van der Waals surface area contributed by atoms with Crippen LogP contribution in [0.1, 0.15) is 49.1 Å². The summed E-state index contributed by atoms with van der Waals surface area (Å²) >= 11 is 0. The Morgan fingerprint density at radius 3 is 2.77 bits per heavy atom. The molecule has 1 unspecified atom stereocenters. The lowest BCUT2D eigenvalue weighted by atomic mass is 9.78.